The number of aliphatic hydroxyl groups is 1. The molecule has 38 heavy (non-hydrogen) atoms. The molecule has 1 saturated heterocycles. The molecule has 3 heterocycles. The van der Waals surface area contributed by atoms with Gasteiger partial charge in [0, 0.05) is 42.7 Å². The second-order valence-corrected chi connectivity index (χ2v) is 11.2. The quantitative estimate of drug-likeness (QED) is 0.225. The highest BCUT2D eigenvalue weighted by molar-refractivity contribution is 7.86. The highest BCUT2D eigenvalue weighted by Gasteiger charge is 2.20. The van der Waals surface area contributed by atoms with Gasteiger partial charge in [0.1, 0.15) is 11.3 Å². The predicted octanol–water partition coefficient (Wildman–Crippen LogP) is 4.09. The molecule has 0 saturated carbocycles. The standard InChI is InChI=1S/C26H27N3O7S2/c1-18-2-6-21(7-3-18)38(31,32)36-25(30)10-13-34-19-4-8-22-23(16-19)35-24(28-22)9-5-20-17-27-26(37-20)29-11-14-33-15-12-29/h2-9,16-17,25,30H,10-15H2,1H3. The van der Waals surface area contributed by atoms with Crippen molar-refractivity contribution in [1.82, 2.24) is 9.97 Å². The van der Waals surface area contributed by atoms with E-state index in [1.54, 1.807) is 47.7 Å². The van der Waals surface area contributed by atoms with Crippen molar-refractivity contribution in [2.75, 3.05) is 37.8 Å². The maximum atomic E-state index is 12.3. The minimum atomic E-state index is -4.07. The molecule has 1 atom stereocenters. The average Bonchev–Trinajstić information content (AvgIpc) is 3.54. The molecular weight excluding hydrogens is 530 g/mol. The summed E-state index contributed by atoms with van der Waals surface area (Å²) in [5.41, 5.74) is 2.13. The lowest BCUT2D eigenvalue weighted by Crippen LogP contribution is -2.36. The van der Waals surface area contributed by atoms with Crippen LogP contribution in [0.2, 0.25) is 0 Å². The number of aryl methyl sites for hydroxylation is 1. The molecule has 200 valence electrons. The number of nitrogens with zero attached hydrogens (tertiary/aromatic N) is 3. The number of morpholine rings is 1. The fourth-order valence-electron chi connectivity index (χ4n) is 3.72. The maximum absolute atomic E-state index is 12.3. The van der Waals surface area contributed by atoms with E-state index in [9.17, 15) is 13.5 Å². The minimum Gasteiger partial charge on any atom is -0.493 e. The molecule has 0 bridgehead atoms. The van der Waals surface area contributed by atoms with E-state index in [4.69, 9.17) is 18.1 Å². The Bertz CT molecular complexity index is 1510. The molecule has 2 aromatic heterocycles. The van der Waals surface area contributed by atoms with Crippen molar-refractivity contribution in [3.8, 4) is 5.75 Å². The number of fused-ring (bicyclic) bond motifs is 1. The largest absolute Gasteiger partial charge is 0.493 e. The van der Waals surface area contributed by atoms with Crippen LogP contribution in [0.3, 0.4) is 0 Å². The zero-order valence-corrected chi connectivity index (χ0v) is 22.3. The first-order chi connectivity index (χ1) is 18.4. The zero-order chi connectivity index (χ0) is 26.5. The molecule has 1 N–H and O–H groups in total. The van der Waals surface area contributed by atoms with Crippen LogP contribution in [0.15, 0.2) is 58.0 Å². The van der Waals surface area contributed by atoms with E-state index in [1.807, 2.05) is 19.2 Å². The number of rotatable bonds is 10. The Balaban J connectivity index is 1.14. The van der Waals surface area contributed by atoms with Crippen LogP contribution in [0, 0.1) is 6.92 Å². The lowest BCUT2D eigenvalue weighted by molar-refractivity contribution is -0.0256. The normalized spacial score (nSPS) is 15.4. The van der Waals surface area contributed by atoms with Gasteiger partial charge in [-0.3, -0.25) is 0 Å². The number of thiazole rings is 1. The van der Waals surface area contributed by atoms with E-state index in [-0.39, 0.29) is 17.9 Å². The summed E-state index contributed by atoms with van der Waals surface area (Å²) >= 11 is 1.60. The van der Waals surface area contributed by atoms with Crippen molar-refractivity contribution in [2.45, 2.75) is 24.5 Å². The van der Waals surface area contributed by atoms with E-state index in [0.717, 1.165) is 28.7 Å². The molecular formula is C26H27N3O7S2. The minimum absolute atomic E-state index is 0.0171. The zero-order valence-electron chi connectivity index (χ0n) is 20.6. The Morgan fingerprint density at radius 2 is 1.95 bits per heavy atom. The molecule has 0 radical (unpaired) electrons. The summed E-state index contributed by atoms with van der Waals surface area (Å²) in [7, 11) is -4.07. The summed E-state index contributed by atoms with van der Waals surface area (Å²) < 4.78 is 46.3. The van der Waals surface area contributed by atoms with Crippen LogP contribution in [0.1, 0.15) is 22.8 Å². The Kier molecular flexibility index (Phi) is 8.05. The van der Waals surface area contributed by atoms with Crippen LogP contribution in [-0.2, 0) is 19.0 Å². The first-order valence-corrected chi connectivity index (χ1v) is 14.3. The second-order valence-electron chi connectivity index (χ2n) is 8.61. The summed E-state index contributed by atoms with van der Waals surface area (Å²) in [4.78, 5) is 12.1. The average molecular weight is 558 g/mol. The summed E-state index contributed by atoms with van der Waals surface area (Å²) in [6, 6.07) is 11.4. The highest BCUT2D eigenvalue weighted by atomic mass is 32.2. The lowest BCUT2D eigenvalue weighted by Gasteiger charge is -2.25. The number of aliphatic hydroxyl groups excluding tert-OH is 1. The molecule has 0 spiro atoms. The Hall–Kier alpha value is -3.29. The van der Waals surface area contributed by atoms with Crippen LogP contribution >= 0.6 is 11.3 Å². The third-order valence-corrected chi connectivity index (χ3v) is 8.09. The number of anilines is 1. The number of oxazole rings is 1. The van der Waals surface area contributed by atoms with Gasteiger partial charge in [-0.2, -0.15) is 8.42 Å². The van der Waals surface area contributed by atoms with E-state index < -0.39 is 16.4 Å². The van der Waals surface area contributed by atoms with Gasteiger partial charge < -0.3 is 23.9 Å². The van der Waals surface area contributed by atoms with Gasteiger partial charge in [0.05, 0.1) is 24.7 Å². The molecule has 1 fully saturated rings. The van der Waals surface area contributed by atoms with Crippen molar-refractivity contribution in [2.24, 2.45) is 0 Å². The van der Waals surface area contributed by atoms with Crippen molar-refractivity contribution in [1.29, 1.82) is 0 Å². The van der Waals surface area contributed by atoms with Gasteiger partial charge in [-0.15, -0.1) is 0 Å². The van der Waals surface area contributed by atoms with Crippen molar-refractivity contribution < 1.29 is 31.6 Å². The molecule has 1 aliphatic rings. The van der Waals surface area contributed by atoms with Gasteiger partial charge in [0.25, 0.3) is 10.1 Å². The second kappa shape index (κ2) is 11.6. The van der Waals surface area contributed by atoms with Crippen LogP contribution in [0.4, 0.5) is 5.13 Å². The molecule has 0 amide bonds. The summed E-state index contributed by atoms with van der Waals surface area (Å²) in [5.74, 6) is 0.944. The fourth-order valence-corrected chi connectivity index (χ4v) is 5.56. The molecule has 1 aliphatic heterocycles. The molecule has 10 nitrogen and oxygen atoms in total. The van der Waals surface area contributed by atoms with Gasteiger partial charge in [-0.1, -0.05) is 29.0 Å². The van der Waals surface area contributed by atoms with E-state index in [1.165, 1.54) is 12.1 Å². The molecule has 4 aromatic rings. The first kappa shape index (κ1) is 26.3. The Morgan fingerprint density at radius 1 is 1.16 bits per heavy atom. The first-order valence-electron chi connectivity index (χ1n) is 12.0. The van der Waals surface area contributed by atoms with Crippen molar-refractivity contribution in [3.05, 3.63) is 65.0 Å². The monoisotopic (exact) mass is 557 g/mol. The number of benzene rings is 2. The predicted molar refractivity (Wildman–Crippen MR) is 144 cm³/mol. The Morgan fingerprint density at radius 3 is 2.74 bits per heavy atom. The molecule has 2 aromatic carbocycles. The van der Waals surface area contributed by atoms with Crippen molar-refractivity contribution in [3.63, 3.8) is 0 Å². The van der Waals surface area contributed by atoms with Gasteiger partial charge in [0.2, 0.25) is 5.89 Å². The SMILES string of the molecule is Cc1ccc(S(=O)(=O)OC(O)CCOc2ccc3nc(C=Cc4cnc(N5CCOCC5)s4)oc3c2)cc1. The Labute approximate surface area is 224 Å². The van der Waals surface area contributed by atoms with Crippen LogP contribution in [0.25, 0.3) is 23.3 Å². The lowest BCUT2D eigenvalue weighted by atomic mass is 10.2. The van der Waals surface area contributed by atoms with E-state index >= 15 is 0 Å². The van der Waals surface area contributed by atoms with Crippen LogP contribution in [-0.4, -0.2) is 62.7 Å². The van der Waals surface area contributed by atoms with Crippen molar-refractivity contribution >= 4 is 49.8 Å². The van der Waals surface area contributed by atoms with Gasteiger partial charge in [-0.05, 0) is 37.3 Å². The number of hydrogen-bond acceptors (Lipinski definition) is 11. The third kappa shape index (κ3) is 6.58. The van der Waals surface area contributed by atoms with Gasteiger partial charge >= 0.3 is 0 Å². The molecule has 1 unspecified atom stereocenters. The fraction of sp³-hybridized carbons (Fsp3) is 0.308. The third-order valence-electron chi connectivity index (χ3n) is 5.74. The van der Waals surface area contributed by atoms with Gasteiger partial charge in [-0.25, -0.2) is 14.2 Å². The van der Waals surface area contributed by atoms with Gasteiger partial charge in [0.15, 0.2) is 17.0 Å². The summed E-state index contributed by atoms with van der Waals surface area (Å²) in [5, 5.41) is 11.0. The smallest absolute Gasteiger partial charge is 0.299 e. The van der Waals surface area contributed by atoms with Crippen LogP contribution < -0.4 is 9.64 Å². The van der Waals surface area contributed by atoms with Crippen LogP contribution in [0.5, 0.6) is 5.75 Å². The summed E-state index contributed by atoms with van der Waals surface area (Å²) in [6.45, 7) is 4.98. The molecule has 0 aliphatic carbocycles. The van der Waals surface area contributed by atoms with E-state index in [2.05, 4.69) is 14.9 Å². The number of aromatic nitrogens is 2. The maximum Gasteiger partial charge on any atom is 0.299 e. The topological polar surface area (TPSA) is 124 Å². The number of ether oxygens (including phenoxy) is 2. The number of hydrogen-bond donors (Lipinski definition) is 1. The molecule has 5 rings (SSSR count). The summed E-state index contributed by atoms with van der Waals surface area (Å²) in [6.07, 6.45) is 3.94. The highest BCUT2D eigenvalue weighted by Crippen LogP contribution is 2.26. The van der Waals surface area contributed by atoms with E-state index in [0.29, 0.717) is 36.0 Å². The molecule has 12 heteroatoms.